The molecule has 2 aromatic heterocycles. The summed E-state index contributed by atoms with van der Waals surface area (Å²) in [7, 11) is 0. The second-order valence-electron chi connectivity index (χ2n) is 4.70. The van der Waals surface area contributed by atoms with Crippen LogP contribution in [0.5, 0.6) is 0 Å². The van der Waals surface area contributed by atoms with Gasteiger partial charge in [0.25, 0.3) is 0 Å². The molecular weight excluding hydrogens is 286 g/mol. The number of imidazole rings is 1. The summed E-state index contributed by atoms with van der Waals surface area (Å²) in [6, 6.07) is 9.66. The van der Waals surface area contributed by atoms with Crippen LogP contribution < -0.4 is 0 Å². The van der Waals surface area contributed by atoms with Gasteiger partial charge in [0.1, 0.15) is 17.4 Å². The highest BCUT2D eigenvalue weighted by molar-refractivity contribution is 6.17. The maximum atomic E-state index is 9.35. The van der Waals surface area contributed by atoms with Gasteiger partial charge in [0.15, 0.2) is 5.65 Å². The third-order valence-corrected chi connectivity index (χ3v) is 3.70. The molecule has 0 spiro atoms. The Morgan fingerprint density at radius 3 is 2.76 bits per heavy atom. The summed E-state index contributed by atoms with van der Waals surface area (Å²) in [4.78, 5) is 4.59. The van der Waals surface area contributed by atoms with Crippen molar-refractivity contribution in [2.45, 2.75) is 26.3 Å². The zero-order chi connectivity index (χ0) is 15.0. The molecule has 0 unspecified atom stereocenters. The zero-order valence-electron chi connectivity index (χ0n) is 11.8. The molecule has 2 heterocycles. The lowest BCUT2D eigenvalue weighted by atomic mass is 10.2. The Bertz CT molecular complexity index is 853. The van der Waals surface area contributed by atoms with Gasteiger partial charge in [-0.3, -0.25) is 4.57 Å². The predicted molar refractivity (Wildman–Crippen MR) is 81.5 cm³/mol. The van der Waals surface area contributed by atoms with Crippen molar-refractivity contribution in [2.24, 2.45) is 0 Å². The summed E-state index contributed by atoms with van der Waals surface area (Å²) in [6.45, 7) is 4.69. The fourth-order valence-electron chi connectivity index (χ4n) is 2.54. The lowest BCUT2D eigenvalue weighted by Crippen LogP contribution is -2.07. The summed E-state index contributed by atoms with van der Waals surface area (Å²) < 4.78 is 3.83. The quantitative estimate of drug-likeness (QED) is 0.698. The SMILES string of the molecule is CCn1nc(C)c2nc(CCl)n(-c3ccccc3C#N)c21. The number of nitriles is 1. The molecule has 6 heteroatoms. The van der Waals surface area contributed by atoms with E-state index in [1.807, 2.05) is 41.3 Å². The van der Waals surface area contributed by atoms with Gasteiger partial charge in [0, 0.05) is 6.54 Å². The average molecular weight is 300 g/mol. The molecule has 106 valence electrons. The van der Waals surface area contributed by atoms with Crippen LogP contribution in [0.25, 0.3) is 16.9 Å². The minimum Gasteiger partial charge on any atom is -0.279 e. The molecule has 0 aliphatic carbocycles. The highest BCUT2D eigenvalue weighted by atomic mass is 35.5. The molecule has 0 N–H and O–H groups in total. The van der Waals surface area contributed by atoms with Crippen molar-refractivity contribution >= 4 is 22.8 Å². The standard InChI is InChI=1S/C15H14ClN5/c1-3-20-15-14(10(2)19-20)18-13(8-16)21(15)12-7-5-4-6-11(12)9-17/h4-7H,3,8H2,1-2H3. The van der Waals surface area contributed by atoms with Crippen LogP contribution >= 0.6 is 11.6 Å². The molecule has 0 saturated carbocycles. The van der Waals surface area contributed by atoms with Crippen molar-refractivity contribution < 1.29 is 0 Å². The molecule has 0 saturated heterocycles. The van der Waals surface area contributed by atoms with E-state index in [0.717, 1.165) is 34.9 Å². The molecule has 0 aliphatic rings. The smallest absolute Gasteiger partial charge is 0.163 e. The fourth-order valence-corrected chi connectivity index (χ4v) is 2.72. The Kier molecular flexibility index (Phi) is 3.40. The van der Waals surface area contributed by atoms with E-state index in [1.165, 1.54) is 0 Å². The summed E-state index contributed by atoms with van der Waals surface area (Å²) >= 11 is 6.06. The number of halogens is 1. The third kappa shape index (κ3) is 1.99. The summed E-state index contributed by atoms with van der Waals surface area (Å²) in [5, 5.41) is 13.8. The Hall–Kier alpha value is -2.32. The number of aryl methyl sites for hydroxylation is 2. The van der Waals surface area contributed by atoms with Gasteiger partial charge in [-0.05, 0) is 26.0 Å². The number of hydrogen-bond acceptors (Lipinski definition) is 3. The van der Waals surface area contributed by atoms with Gasteiger partial charge in [-0.25, -0.2) is 9.67 Å². The zero-order valence-corrected chi connectivity index (χ0v) is 12.6. The molecule has 5 nitrogen and oxygen atoms in total. The van der Waals surface area contributed by atoms with E-state index in [4.69, 9.17) is 11.6 Å². The largest absolute Gasteiger partial charge is 0.279 e. The van der Waals surface area contributed by atoms with E-state index < -0.39 is 0 Å². The lowest BCUT2D eigenvalue weighted by molar-refractivity contribution is 0.660. The van der Waals surface area contributed by atoms with Crippen molar-refractivity contribution in [3.8, 4) is 11.8 Å². The van der Waals surface area contributed by atoms with E-state index >= 15 is 0 Å². The summed E-state index contributed by atoms with van der Waals surface area (Å²) in [6.07, 6.45) is 0. The van der Waals surface area contributed by atoms with Crippen LogP contribution in [0, 0.1) is 18.3 Å². The first-order valence-electron chi connectivity index (χ1n) is 6.71. The third-order valence-electron chi connectivity index (χ3n) is 3.46. The fraction of sp³-hybridized carbons (Fsp3) is 0.267. The summed E-state index contributed by atoms with van der Waals surface area (Å²) in [5.74, 6) is 0.995. The molecule has 0 amide bonds. The van der Waals surface area contributed by atoms with Crippen LogP contribution in [-0.2, 0) is 12.4 Å². The van der Waals surface area contributed by atoms with E-state index in [0.29, 0.717) is 5.56 Å². The first kappa shape index (κ1) is 13.7. The number of benzene rings is 1. The maximum Gasteiger partial charge on any atom is 0.163 e. The number of nitrogens with zero attached hydrogens (tertiary/aromatic N) is 5. The molecule has 3 rings (SSSR count). The van der Waals surface area contributed by atoms with Crippen molar-refractivity contribution in [2.75, 3.05) is 0 Å². The van der Waals surface area contributed by atoms with Crippen LogP contribution in [0.4, 0.5) is 0 Å². The Labute approximate surface area is 127 Å². The van der Waals surface area contributed by atoms with Crippen LogP contribution in [0.15, 0.2) is 24.3 Å². The van der Waals surface area contributed by atoms with Crippen LogP contribution in [0.3, 0.4) is 0 Å². The number of fused-ring (bicyclic) bond motifs is 1. The Morgan fingerprint density at radius 2 is 2.10 bits per heavy atom. The van der Waals surface area contributed by atoms with Gasteiger partial charge in [-0.2, -0.15) is 10.4 Å². The van der Waals surface area contributed by atoms with Crippen molar-refractivity contribution in [3.05, 3.63) is 41.3 Å². The number of aromatic nitrogens is 4. The van der Waals surface area contributed by atoms with E-state index in [1.54, 1.807) is 6.07 Å². The van der Waals surface area contributed by atoms with Gasteiger partial charge >= 0.3 is 0 Å². The van der Waals surface area contributed by atoms with E-state index in [2.05, 4.69) is 16.2 Å². The normalized spacial score (nSPS) is 11.0. The molecule has 0 atom stereocenters. The monoisotopic (exact) mass is 299 g/mol. The Balaban J connectivity index is 2.43. The molecule has 3 aromatic rings. The molecular formula is C15H14ClN5. The van der Waals surface area contributed by atoms with Gasteiger partial charge in [0.05, 0.1) is 22.8 Å². The predicted octanol–water partition coefficient (Wildman–Crippen LogP) is 3.16. The molecule has 1 aromatic carbocycles. The minimum absolute atomic E-state index is 0.275. The molecule has 0 aliphatic heterocycles. The first-order chi connectivity index (χ1) is 10.2. The average Bonchev–Trinajstić information content (AvgIpc) is 3.04. The highest BCUT2D eigenvalue weighted by Gasteiger charge is 2.20. The number of para-hydroxylation sites is 1. The van der Waals surface area contributed by atoms with Gasteiger partial charge in [-0.15, -0.1) is 11.6 Å². The molecule has 0 fully saturated rings. The minimum atomic E-state index is 0.275. The molecule has 21 heavy (non-hydrogen) atoms. The van der Waals surface area contributed by atoms with E-state index in [9.17, 15) is 5.26 Å². The van der Waals surface area contributed by atoms with Crippen LogP contribution in [0.2, 0.25) is 0 Å². The van der Waals surface area contributed by atoms with Crippen LogP contribution in [0.1, 0.15) is 24.0 Å². The number of alkyl halides is 1. The lowest BCUT2D eigenvalue weighted by Gasteiger charge is -2.10. The van der Waals surface area contributed by atoms with E-state index in [-0.39, 0.29) is 5.88 Å². The van der Waals surface area contributed by atoms with Crippen molar-refractivity contribution in [3.63, 3.8) is 0 Å². The van der Waals surface area contributed by atoms with Gasteiger partial charge in [0.2, 0.25) is 0 Å². The maximum absolute atomic E-state index is 9.35. The molecule has 0 bridgehead atoms. The topological polar surface area (TPSA) is 59.4 Å². The van der Waals surface area contributed by atoms with Crippen molar-refractivity contribution in [1.29, 1.82) is 5.26 Å². The van der Waals surface area contributed by atoms with Crippen LogP contribution in [-0.4, -0.2) is 19.3 Å². The highest BCUT2D eigenvalue weighted by Crippen LogP contribution is 2.26. The van der Waals surface area contributed by atoms with Gasteiger partial charge < -0.3 is 0 Å². The van der Waals surface area contributed by atoms with Crippen molar-refractivity contribution in [1.82, 2.24) is 19.3 Å². The number of hydrogen-bond donors (Lipinski definition) is 0. The number of rotatable bonds is 3. The van der Waals surface area contributed by atoms with Gasteiger partial charge in [-0.1, -0.05) is 12.1 Å². The Morgan fingerprint density at radius 1 is 1.33 bits per heavy atom. The second kappa shape index (κ2) is 5.23. The summed E-state index contributed by atoms with van der Waals surface area (Å²) in [5.41, 5.74) is 3.96. The molecule has 0 radical (unpaired) electrons. The second-order valence-corrected chi connectivity index (χ2v) is 4.97. The first-order valence-corrected chi connectivity index (χ1v) is 7.24.